The Hall–Kier alpha value is -3.67. The highest BCUT2D eigenvalue weighted by atomic mass is 19.1. The van der Waals surface area contributed by atoms with E-state index in [0.29, 0.717) is 16.9 Å². The van der Waals surface area contributed by atoms with Gasteiger partial charge < -0.3 is 14.6 Å². The van der Waals surface area contributed by atoms with Crippen LogP contribution in [0.5, 0.6) is 11.5 Å². The molecule has 6 heteroatoms. The first-order chi connectivity index (χ1) is 19.1. The molecule has 0 spiro atoms. The van der Waals surface area contributed by atoms with E-state index in [1.54, 1.807) is 31.4 Å². The van der Waals surface area contributed by atoms with Gasteiger partial charge in [0, 0.05) is 12.0 Å². The molecule has 0 bridgehead atoms. The van der Waals surface area contributed by atoms with Crippen molar-refractivity contribution >= 4 is 11.5 Å². The van der Waals surface area contributed by atoms with Gasteiger partial charge in [0.2, 0.25) is 0 Å². The summed E-state index contributed by atoms with van der Waals surface area (Å²) < 4.78 is 41.0. The lowest BCUT2D eigenvalue weighted by Crippen LogP contribution is -2.10. The topological polar surface area (TPSA) is 55.8 Å². The zero-order valence-electron chi connectivity index (χ0n) is 23.7. The van der Waals surface area contributed by atoms with E-state index in [1.165, 1.54) is 25.0 Å². The Morgan fingerprint density at radius 3 is 2.40 bits per heavy atom. The second-order valence-corrected chi connectivity index (χ2v) is 11.4. The van der Waals surface area contributed by atoms with E-state index in [1.807, 2.05) is 18.2 Å². The van der Waals surface area contributed by atoms with Crippen molar-refractivity contribution in [3.63, 3.8) is 0 Å². The standard InChI is InChI=1S/C30H30F2O4.C4H8/c1-30(2)15-5-7-25(30)23-16-19(9-12-22(23)24-17-21(35-3)11-13-26(24)31)18-36-27-8-4-6-20(29(27)32)10-14-28(33)34;1-4-2-3-4/h4,6-9,11-13,16-17H,5,10,14-15,18H2,1-3H3,(H,33,34);4H,2-3H2,1H3. The van der Waals surface area contributed by atoms with Crippen molar-refractivity contribution in [3.8, 4) is 22.6 Å². The van der Waals surface area contributed by atoms with Crippen molar-refractivity contribution in [2.24, 2.45) is 11.3 Å². The van der Waals surface area contributed by atoms with E-state index in [0.717, 1.165) is 41.0 Å². The van der Waals surface area contributed by atoms with Crippen molar-refractivity contribution in [3.05, 3.63) is 89.0 Å². The van der Waals surface area contributed by atoms with Crippen molar-refractivity contribution in [1.82, 2.24) is 0 Å². The first-order valence-electron chi connectivity index (χ1n) is 13.9. The highest BCUT2D eigenvalue weighted by Gasteiger charge is 2.30. The minimum atomic E-state index is -0.982. The van der Waals surface area contributed by atoms with E-state index in [9.17, 15) is 13.6 Å². The highest BCUT2D eigenvalue weighted by Crippen LogP contribution is 2.47. The Bertz CT molecular complexity index is 1390. The van der Waals surface area contributed by atoms with Crippen molar-refractivity contribution in [2.45, 2.75) is 65.9 Å². The Labute approximate surface area is 235 Å². The first-order valence-corrected chi connectivity index (χ1v) is 13.9. The predicted octanol–water partition coefficient (Wildman–Crippen LogP) is 8.86. The average molecular weight is 549 g/mol. The predicted molar refractivity (Wildman–Crippen MR) is 154 cm³/mol. The van der Waals surface area contributed by atoms with Gasteiger partial charge in [0.15, 0.2) is 11.6 Å². The number of methoxy groups -OCH3 is 1. The summed E-state index contributed by atoms with van der Waals surface area (Å²) in [5.41, 5.74) is 4.32. The smallest absolute Gasteiger partial charge is 0.303 e. The van der Waals surface area contributed by atoms with E-state index in [-0.39, 0.29) is 36.4 Å². The fourth-order valence-corrected chi connectivity index (χ4v) is 4.87. The number of aryl methyl sites for hydroxylation is 1. The SMILES string of the molecule is CC1CC1.COc1ccc(F)c(-c2ccc(COc3cccc(CCC(=O)O)c3F)cc2C2=CCCC2(C)C)c1. The lowest BCUT2D eigenvalue weighted by atomic mass is 9.79. The maximum atomic E-state index is 14.9. The van der Waals surface area contributed by atoms with Gasteiger partial charge in [0.25, 0.3) is 0 Å². The van der Waals surface area contributed by atoms with Crippen LogP contribution in [-0.2, 0) is 17.8 Å². The molecule has 3 aromatic rings. The zero-order chi connectivity index (χ0) is 28.9. The number of rotatable bonds is 9. The van der Waals surface area contributed by atoms with Crippen LogP contribution in [0.25, 0.3) is 16.7 Å². The van der Waals surface area contributed by atoms with Crippen LogP contribution in [0.4, 0.5) is 8.78 Å². The van der Waals surface area contributed by atoms with E-state index in [2.05, 4.69) is 26.8 Å². The third kappa shape index (κ3) is 7.29. The fourth-order valence-electron chi connectivity index (χ4n) is 4.87. The lowest BCUT2D eigenvalue weighted by molar-refractivity contribution is -0.136. The van der Waals surface area contributed by atoms with E-state index < -0.39 is 11.8 Å². The first kappa shape index (κ1) is 29.3. The number of carbonyl (C=O) groups is 1. The molecule has 0 heterocycles. The largest absolute Gasteiger partial charge is 0.497 e. The van der Waals surface area contributed by atoms with E-state index in [4.69, 9.17) is 14.6 Å². The Morgan fingerprint density at radius 1 is 1.02 bits per heavy atom. The minimum absolute atomic E-state index is 0.0720. The van der Waals surface area contributed by atoms with Crippen molar-refractivity contribution < 1.29 is 28.2 Å². The van der Waals surface area contributed by atoms with Gasteiger partial charge in [0.05, 0.1) is 7.11 Å². The number of carboxylic acids is 1. The summed E-state index contributed by atoms with van der Waals surface area (Å²) in [6.45, 7) is 6.75. The van der Waals surface area contributed by atoms with Crippen LogP contribution < -0.4 is 9.47 Å². The van der Waals surface area contributed by atoms with Crippen LogP contribution in [0.3, 0.4) is 0 Å². The molecular weight excluding hydrogens is 510 g/mol. The van der Waals surface area contributed by atoms with Crippen molar-refractivity contribution in [2.75, 3.05) is 7.11 Å². The molecule has 40 heavy (non-hydrogen) atoms. The van der Waals surface area contributed by atoms with Gasteiger partial charge in [-0.3, -0.25) is 4.79 Å². The highest BCUT2D eigenvalue weighted by molar-refractivity contribution is 5.85. The lowest BCUT2D eigenvalue weighted by Gasteiger charge is -2.25. The van der Waals surface area contributed by atoms with Gasteiger partial charge in [-0.05, 0) is 88.8 Å². The number of hydrogen-bond acceptors (Lipinski definition) is 3. The summed E-state index contributed by atoms with van der Waals surface area (Å²) in [6.07, 6.45) is 7.05. The second kappa shape index (κ2) is 12.7. The van der Waals surface area contributed by atoms with Crippen LogP contribution >= 0.6 is 0 Å². The minimum Gasteiger partial charge on any atom is -0.497 e. The number of halogens is 2. The molecule has 0 radical (unpaired) electrons. The fraction of sp³-hybridized carbons (Fsp3) is 0.382. The quantitative estimate of drug-likeness (QED) is 0.290. The molecule has 0 saturated heterocycles. The molecule has 4 nitrogen and oxygen atoms in total. The summed E-state index contributed by atoms with van der Waals surface area (Å²) in [5, 5.41) is 8.90. The number of allylic oxidation sites excluding steroid dienone is 2. The molecule has 0 atom stereocenters. The van der Waals surface area contributed by atoms with Crippen LogP contribution in [0.2, 0.25) is 0 Å². The van der Waals surface area contributed by atoms with Crippen LogP contribution in [-0.4, -0.2) is 18.2 Å². The molecule has 0 aromatic heterocycles. The van der Waals surface area contributed by atoms with Crippen LogP contribution in [0, 0.1) is 23.0 Å². The van der Waals surface area contributed by atoms with Gasteiger partial charge in [-0.1, -0.05) is 64.0 Å². The number of aliphatic carboxylic acids is 1. The summed E-state index contributed by atoms with van der Waals surface area (Å²) in [6, 6.07) is 15.2. The van der Waals surface area contributed by atoms with E-state index >= 15 is 0 Å². The molecule has 1 fully saturated rings. The number of ether oxygens (including phenoxy) is 2. The second-order valence-electron chi connectivity index (χ2n) is 11.4. The summed E-state index contributed by atoms with van der Waals surface area (Å²) in [5.74, 6) is -0.137. The molecular formula is C34H38F2O4. The van der Waals surface area contributed by atoms with Crippen LogP contribution in [0.1, 0.15) is 69.6 Å². The molecule has 0 unspecified atom stereocenters. The summed E-state index contributed by atoms with van der Waals surface area (Å²) in [4.78, 5) is 10.9. The number of hydrogen-bond donors (Lipinski definition) is 1. The van der Waals surface area contributed by atoms with Gasteiger partial charge in [-0.2, -0.15) is 0 Å². The Balaban J connectivity index is 0.000000848. The Kier molecular flexibility index (Phi) is 9.28. The Morgan fingerprint density at radius 2 is 1.77 bits per heavy atom. The number of benzene rings is 3. The third-order valence-electron chi connectivity index (χ3n) is 7.60. The molecule has 3 aromatic carbocycles. The molecule has 1 N–H and O–H groups in total. The molecule has 2 aliphatic carbocycles. The molecule has 0 amide bonds. The average Bonchev–Trinajstić information content (AvgIpc) is 3.63. The van der Waals surface area contributed by atoms with Gasteiger partial charge in [-0.15, -0.1) is 0 Å². The molecule has 5 rings (SSSR count). The molecule has 2 aliphatic rings. The molecule has 0 aliphatic heterocycles. The number of carboxylic acid groups (broad SMARTS) is 1. The van der Waals surface area contributed by atoms with Gasteiger partial charge in [0.1, 0.15) is 18.2 Å². The normalized spacial score (nSPS) is 15.6. The molecule has 212 valence electrons. The van der Waals surface area contributed by atoms with Crippen LogP contribution in [0.15, 0.2) is 60.7 Å². The maximum absolute atomic E-state index is 14.9. The van der Waals surface area contributed by atoms with Gasteiger partial charge >= 0.3 is 5.97 Å². The maximum Gasteiger partial charge on any atom is 0.303 e. The third-order valence-corrected chi connectivity index (χ3v) is 7.60. The summed E-state index contributed by atoms with van der Waals surface area (Å²) in [7, 11) is 1.55. The van der Waals surface area contributed by atoms with Crippen molar-refractivity contribution in [1.29, 1.82) is 0 Å². The van der Waals surface area contributed by atoms with Gasteiger partial charge in [-0.25, -0.2) is 8.78 Å². The monoisotopic (exact) mass is 548 g/mol. The molecule has 1 saturated carbocycles. The summed E-state index contributed by atoms with van der Waals surface area (Å²) >= 11 is 0. The zero-order valence-corrected chi connectivity index (χ0v) is 23.7.